The van der Waals surface area contributed by atoms with Crippen LogP contribution in [0.5, 0.6) is 5.75 Å². The SMILES string of the molecule is Cc1cc(O)ccc1C(=O)N1CC(=O)NC(=O)C1. The van der Waals surface area contributed by atoms with Crippen LogP contribution in [0, 0.1) is 6.92 Å². The molecule has 0 spiro atoms. The molecule has 94 valence electrons. The van der Waals surface area contributed by atoms with Crippen LogP contribution in [0.2, 0.25) is 0 Å². The van der Waals surface area contributed by atoms with Crippen molar-refractivity contribution in [2.75, 3.05) is 13.1 Å². The number of nitrogens with one attached hydrogen (secondary N) is 1. The first-order valence-corrected chi connectivity index (χ1v) is 5.39. The highest BCUT2D eigenvalue weighted by molar-refractivity contribution is 6.06. The number of carbonyl (C=O) groups excluding carboxylic acids is 3. The quantitative estimate of drug-likeness (QED) is 0.674. The second-order valence-corrected chi connectivity index (χ2v) is 4.13. The van der Waals surface area contributed by atoms with Crippen molar-refractivity contribution in [3.05, 3.63) is 29.3 Å². The summed E-state index contributed by atoms with van der Waals surface area (Å²) in [6, 6.07) is 4.33. The molecule has 1 aromatic rings. The van der Waals surface area contributed by atoms with Gasteiger partial charge in [-0.25, -0.2) is 0 Å². The summed E-state index contributed by atoms with van der Waals surface area (Å²) in [6.07, 6.45) is 0. The standard InChI is InChI=1S/C12H12N2O4/c1-7-4-8(15)2-3-9(7)12(18)14-5-10(16)13-11(17)6-14/h2-4,15H,5-6H2,1H3,(H,13,16,17). The van der Waals surface area contributed by atoms with E-state index in [0.29, 0.717) is 11.1 Å². The van der Waals surface area contributed by atoms with Gasteiger partial charge in [-0.05, 0) is 30.7 Å². The first kappa shape index (κ1) is 12.1. The summed E-state index contributed by atoms with van der Waals surface area (Å²) < 4.78 is 0. The number of piperazine rings is 1. The van der Waals surface area contributed by atoms with E-state index in [1.165, 1.54) is 23.1 Å². The van der Waals surface area contributed by atoms with Gasteiger partial charge in [-0.3, -0.25) is 19.7 Å². The number of carbonyl (C=O) groups is 3. The highest BCUT2D eigenvalue weighted by atomic mass is 16.3. The molecule has 6 heteroatoms. The molecule has 0 radical (unpaired) electrons. The van der Waals surface area contributed by atoms with Crippen molar-refractivity contribution in [3.8, 4) is 5.75 Å². The number of aromatic hydroxyl groups is 1. The van der Waals surface area contributed by atoms with Gasteiger partial charge in [0.1, 0.15) is 18.8 Å². The van der Waals surface area contributed by atoms with Crippen LogP contribution in [-0.4, -0.2) is 40.8 Å². The van der Waals surface area contributed by atoms with Crippen LogP contribution in [-0.2, 0) is 9.59 Å². The first-order valence-electron chi connectivity index (χ1n) is 5.39. The van der Waals surface area contributed by atoms with Gasteiger partial charge in [0.05, 0.1) is 0 Å². The fourth-order valence-corrected chi connectivity index (χ4v) is 1.84. The van der Waals surface area contributed by atoms with Crippen LogP contribution < -0.4 is 5.32 Å². The lowest BCUT2D eigenvalue weighted by atomic mass is 10.1. The van der Waals surface area contributed by atoms with E-state index in [4.69, 9.17) is 0 Å². The number of benzene rings is 1. The molecule has 0 saturated carbocycles. The van der Waals surface area contributed by atoms with E-state index < -0.39 is 17.7 Å². The fourth-order valence-electron chi connectivity index (χ4n) is 1.84. The maximum atomic E-state index is 12.1. The van der Waals surface area contributed by atoms with Gasteiger partial charge < -0.3 is 10.0 Å². The zero-order valence-corrected chi connectivity index (χ0v) is 9.77. The highest BCUT2D eigenvalue weighted by Gasteiger charge is 2.27. The van der Waals surface area contributed by atoms with Gasteiger partial charge in [-0.2, -0.15) is 0 Å². The normalized spacial score (nSPS) is 15.5. The summed E-state index contributed by atoms with van der Waals surface area (Å²) in [5, 5.41) is 11.4. The molecule has 0 bridgehead atoms. The Morgan fingerprint density at radius 3 is 2.44 bits per heavy atom. The number of aryl methyl sites for hydroxylation is 1. The maximum Gasteiger partial charge on any atom is 0.255 e. The molecule has 0 atom stereocenters. The number of amides is 3. The molecular formula is C12H12N2O4. The van der Waals surface area contributed by atoms with Crippen molar-refractivity contribution >= 4 is 17.7 Å². The minimum absolute atomic E-state index is 0.0662. The van der Waals surface area contributed by atoms with Gasteiger partial charge in [-0.1, -0.05) is 0 Å². The Kier molecular flexibility index (Phi) is 3.01. The molecule has 1 fully saturated rings. The number of phenols is 1. The van der Waals surface area contributed by atoms with E-state index in [1.807, 2.05) is 0 Å². The number of imide groups is 1. The number of rotatable bonds is 1. The Morgan fingerprint density at radius 2 is 1.89 bits per heavy atom. The van der Waals surface area contributed by atoms with E-state index in [0.717, 1.165) is 0 Å². The lowest BCUT2D eigenvalue weighted by molar-refractivity contribution is -0.135. The molecule has 1 aliphatic rings. The average Bonchev–Trinajstić information content (AvgIpc) is 2.26. The van der Waals surface area contributed by atoms with Crippen molar-refractivity contribution < 1.29 is 19.5 Å². The second kappa shape index (κ2) is 4.48. The Hall–Kier alpha value is -2.37. The van der Waals surface area contributed by atoms with Gasteiger partial charge in [0.15, 0.2) is 0 Å². The number of hydrogen-bond acceptors (Lipinski definition) is 4. The first-order chi connectivity index (χ1) is 8.47. The molecule has 1 heterocycles. The molecule has 1 aliphatic heterocycles. The minimum atomic E-state index is -0.490. The molecule has 1 aromatic carbocycles. The Labute approximate surface area is 103 Å². The topological polar surface area (TPSA) is 86.7 Å². The molecule has 1 saturated heterocycles. The van der Waals surface area contributed by atoms with E-state index in [-0.39, 0.29) is 18.8 Å². The lowest BCUT2D eigenvalue weighted by Gasteiger charge is -2.26. The Bertz CT molecular complexity index is 523. The van der Waals surface area contributed by atoms with Gasteiger partial charge in [0, 0.05) is 5.56 Å². The second-order valence-electron chi connectivity index (χ2n) is 4.13. The van der Waals surface area contributed by atoms with Crippen molar-refractivity contribution in [2.45, 2.75) is 6.92 Å². The monoisotopic (exact) mass is 248 g/mol. The van der Waals surface area contributed by atoms with Gasteiger partial charge in [0.25, 0.3) is 5.91 Å². The largest absolute Gasteiger partial charge is 0.508 e. The van der Waals surface area contributed by atoms with E-state index in [2.05, 4.69) is 5.32 Å². The van der Waals surface area contributed by atoms with Gasteiger partial charge in [-0.15, -0.1) is 0 Å². The van der Waals surface area contributed by atoms with Crippen molar-refractivity contribution in [3.63, 3.8) is 0 Å². The molecule has 2 rings (SSSR count). The van der Waals surface area contributed by atoms with Gasteiger partial charge >= 0.3 is 0 Å². The Balaban J connectivity index is 2.25. The summed E-state index contributed by atoms with van der Waals surface area (Å²) in [4.78, 5) is 35.7. The average molecular weight is 248 g/mol. The molecule has 6 nitrogen and oxygen atoms in total. The van der Waals surface area contributed by atoms with Crippen LogP contribution in [0.1, 0.15) is 15.9 Å². The van der Waals surface area contributed by atoms with Gasteiger partial charge in [0.2, 0.25) is 11.8 Å². The predicted molar refractivity (Wildman–Crippen MR) is 61.9 cm³/mol. The number of nitrogens with zero attached hydrogens (tertiary/aromatic N) is 1. The predicted octanol–water partition coefficient (Wildman–Crippen LogP) is -0.201. The van der Waals surface area contributed by atoms with Crippen molar-refractivity contribution in [1.82, 2.24) is 10.2 Å². The van der Waals surface area contributed by atoms with Crippen molar-refractivity contribution in [1.29, 1.82) is 0 Å². The fraction of sp³-hybridized carbons (Fsp3) is 0.250. The van der Waals surface area contributed by atoms with Crippen LogP contribution in [0.25, 0.3) is 0 Å². The van der Waals surface area contributed by atoms with Crippen LogP contribution >= 0.6 is 0 Å². The Morgan fingerprint density at radius 1 is 1.28 bits per heavy atom. The molecule has 18 heavy (non-hydrogen) atoms. The van der Waals surface area contributed by atoms with Crippen LogP contribution in [0.3, 0.4) is 0 Å². The summed E-state index contributed by atoms with van der Waals surface area (Å²) in [6.45, 7) is 1.41. The van der Waals surface area contributed by atoms with E-state index in [9.17, 15) is 19.5 Å². The zero-order chi connectivity index (χ0) is 13.3. The summed E-state index contributed by atoms with van der Waals surface area (Å²) in [7, 11) is 0. The number of phenolic OH excluding ortho intramolecular Hbond substituents is 1. The smallest absolute Gasteiger partial charge is 0.255 e. The minimum Gasteiger partial charge on any atom is -0.508 e. The summed E-state index contributed by atoms with van der Waals surface area (Å²) in [5.41, 5.74) is 0.966. The number of hydrogen-bond donors (Lipinski definition) is 2. The third-order valence-corrected chi connectivity index (χ3v) is 2.68. The van der Waals surface area contributed by atoms with E-state index in [1.54, 1.807) is 6.92 Å². The molecular weight excluding hydrogens is 236 g/mol. The maximum absolute atomic E-state index is 12.1. The highest BCUT2D eigenvalue weighted by Crippen LogP contribution is 2.17. The van der Waals surface area contributed by atoms with Crippen LogP contribution in [0.15, 0.2) is 18.2 Å². The van der Waals surface area contributed by atoms with Crippen molar-refractivity contribution in [2.24, 2.45) is 0 Å². The summed E-state index contributed by atoms with van der Waals surface area (Å²) in [5.74, 6) is -1.31. The third kappa shape index (κ3) is 2.32. The zero-order valence-electron chi connectivity index (χ0n) is 9.77. The third-order valence-electron chi connectivity index (χ3n) is 2.68. The lowest BCUT2D eigenvalue weighted by Crippen LogP contribution is -2.53. The molecule has 0 aliphatic carbocycles. The molecule has 0 aromatic heterocycles. The molecule has 0 unspecified atom stereocenters. The molecule has 2 N–H and O–H groups in total. The van der Waals surface area contributed by atoms with Crippen LogP contribution in [0.4, 0.5) is 0 Å². The molecule has 3 amide bonds. The van der Waals surface area contributed by atoms with E-state index >= 15 is 0 Å². The summed E-state index contributed by atoms with van der Waals surface area (Å²) >= 11 is 0.